The Balaban J connectivity index is 1.61. The Bertz CT molecular complexity index is 1080. The van der Waals surface area contributed by atoms with E-state index in [1.807, 2.05) is 30.3 Å². The van der Waals surface area contributed by atoms with Crippen molar-refractivity contribution in [2.75, 3.05) is 25.0 Å². The molecule has 0 saturated carbocycles. The number of sulfonamides is 1. The Morgan fingerprint density at radius 3 is 2.25 bits per heavy atom. The van der Waals surface area contributed by atoms with Crippen molar-refractivity contribution in [3.05, 3.63) is 60.2 Å². The third-order valence-electron chi connectivity index (χ3n) is 5.17. The van der Waals surface area contributed by atoms with Crippen LogP contribution in [0.2, 0.25) is 0 Å². The number of hydrogen-bond acceptors (Lipinski definition) is 5. The summed E-state index contributed by atoms with van der Waals surface area (Å²) in [4.78, 5) is 38.2. The summed E-state index contributed by atoms with van der Waals surface area (Å²) >= 11 is 0. The van der Waals surface area contributed by atoms with Gasteiger partial charge in [-0.05, 0) is 29.8 Å². The summed E-state index contributed by atoms with van der Waals surface area (Å²) in [5.74, 6) is -1.03. The number of imide groups is 1. The lowest BCUT2D eigenvalue weighted by atomic mass is 10.1. The van der Waals surface area contributed by atoms with Gasteiger partial charge in [0.2, 0.25) is 15.9 Å². The van der Waals surface area contributed by atoms with Crippen LogP contribution in [0.25, 0.3) is 0 Å². The minimum atomic E-state index is -3.60. The van der Waals surface area contributed by atoms with Crippen LogP contribution in [0.4, 0.5) is 10.5 Å². The van der Waals surface area contributed by atoms with E-state index in [2.05, 4.69) is 10.6 Å². The van der Waals surface area contributed by atoms with E-state index < -0.39 is 40.5 Å². The molecule has 9 nitrogen and oxygen atoms in total. The third kappa shape index (κ3) is 5.14. The van der Waals surface area contributed by atoms with Crippen LogP contribution >= 0.6 is 0 Å². The zero-order valence-electron chi connectivity index (χ0n) is 17.9. The van der Waals surface area contributed by atoms with Crippen molar-refractivity contribution in [2.24, 2.45) is 0 Å². The molecule has 0 spiro atoms. The number of nitrogens with one attached hydrogen (secondary N) is 2. The molecule has 1 atom stereocenters. The van der Waals surface area contributed by atoms with E-state index >= 15 is 0 Å². The maximum atomic E-state index is 12.6. The Morgan fingerprint density at radius 1 is 1.03 bits per heavy atom. The Kier molecular flexibility index (Phi) is 7.26. The molecule has 0 bridgehead atoms. The molecule has 10 heteroatoms. The molecule has 32 heavy (non-hydrogen) atoms. The number of carbonyl (C=O) groups excluding carboxylic acids is 3. The average Bonchev–Trinajstić information content (AvgIpc) is 3.03. The van der Waals surface area contributed by atoms with Gasteiger partial charge in [0.1, 0.15) is 12.6 Å². The minimum Gasteiger partial charge on any atom is -0.325 e. The second-order valence-electron chi connectivity index (χ2n) is 7.28. The molecule has 1 fully saturated rings. The maximum absolute atomic E-state index is 12.6. The topological polar surface area (TPSA) is 116 Å². The molecule has 3 rings (SSSR count). The summed E-state index contributed by atoms with van der Waals surface area (Å²) in [6, 6.07) is 13.7. The van der Waals surface area contributed by atoms with Gasteiger partial charge in [-0.1, -0.05) is 44.2 Å². The normalized spacial score (nSPS) is 16.3. The highest BCUT2D eigenvalue weighted by Gasteiger charge is 2.38. The summed E-state index contributed by atoms with van der Waals surface area (Å²) < 4.78 is 26.4. The molecule has 0 unspecified atom stereocenters. The second-order valence-corrected chi connectivity index (χ2v) is 9.22. The van der Waals surface area contributed by atoms with E-state index in [1.54, 1.807) is 13.8 Å². The van der Waals surface area contributed by atoms with Crippen molar-refractivity contribution in [1.82, 2.24) is 14.5 Å². The van der Waals surface area contributed by atoms with Gasteiger partial charge in [-0.15, -0.1) is 0 Å². The third-order valence-corrected chi connectivity index (χ3v) is 7.24. The molecule has 2 aromatic carbocycles. The summed E-state index contributed by atoms with van der Waals surface area (Å²) in [6.07, 6.45) is 0.339. The second kappa shape index (κ2) is 9.92. The molecular formula is C22H26N4O5S. The van der Waals surface area contributed by atoms with Crippen molar-refractivity contribution < 1.29 is 22.8 Å². The fraction of sp³-hybridized carbons (Fsp3) is 0.318. The van der Waals surface area contributed by atoms with Gasteiger partial charge in [0.05, 0.1) is 4.90 Å². The molecular weight excluding hydrogens is 432 g/mol. The number of rotatable bonds is 9. The van der Waals surface area contributed by atoms with Crippen LogP contribution in [0.3, 0.4) is 0 Å². The first kappa shape index (κ1) is 23.4. The van der Waals surface area contributed by atoms with Crippen molar-refractivity contribution >= 4 is 33.6 Å². The molecule has 1 aliphatic rings. The minimum absolute atomic E-state index is 0.122. The Hall–Kier alpha value is -3.24. The first-order valence-electron chi connectivity index (χ1n) is 10.3. The van der Waals surface area contributed by atoms with Crippen LogP contribution in [0.1, 0.15) is 19.4 Å². The number of urea groups is 1. The summed E-state index contributed by atoms with van der Waals surface area (Å²) in [5, 5.41) is 5.19. The van der Waals surface area contributed by atoms with E-state index in [4.69, 9.17) is 0 Å². The van der Waals surface area contributed by atoms with E-state index in [-0.39, 0.29) is 4.90 Å². The van der Waals surface area contributed by atoms with Crippen molar-refractivity contribution in [1.29, 1.82) is 0 Å². The number of anilines is 1. The highest BCUT2D eigenvalue weighted by atomic mass is 32.2. The first-order chi connectivity index (χ1) is 15.3. The molecule has 2 N–H and O–H groups in total. The van der Waals surface area contributed by atoms with Crippen molar-refractivity contribution in [2.45, 2.75) is 31.2 Å². The number of amides is 4. The van der Waals surface area contributed by atoms with Crippen LogP contribution in [0, 0.1) is 0 Å². The maximum Gasteiger partial charge on any atom is 0.325 e. The van der Waals surface area contributed by atoms with Gasteiger partial charge in [0.15, 0.2) is 0 Å². The van der Waals surface area contributed by atoms with Gasteiger partial charge in [-0.2, -0.15) is 4.31 Å². The summed E-state index contributed by atoms with van der Waals surface area (Å²) in [6.45, 7) is 3.80. The lowest BCUT2D eigenvalue weighted by Gasteiger charge is -2.18. The average molecular weight is 459 g/mol. The predicted octanol–water partition coefficient (Wildman–Crippen LogP) is 1.82. The Labute approximate surface area is 187 Å². The largest absolute Gasteiger partial charge is 0.325 e. The highest BCUT2D eigenvalue weighted by molar-refractivity contribution is 7.89. The number of carbonyl (C=O) groups is 3. The number of hydrogen-bond donors (Lipinski definition) is 2. The molecule has 0 aromatic heterocycles. The zero-order valence-corrected chi connectivity index (χ0v) is 18.8. The SMILES string of the molecule is CCN(CC)S(=O)(=O)c1ccc(NC(=O)CN2C(=O)N[C@@H](Cc3ccccc3)C2=O)cc1. The van der Waals surface area contributed by atoms with Crippen LogP contribution in [0.15, 0.2) is 59.5 Å². The van der Waals surface area contributed by atoms with Gasteiger partial charge < -0.3 is 10.6 Å². The predicted molar refractivity (Wildman–Crippen MR) is 119 cm³/mol. The Morgan fingerprint density at radius 2 is 1.66 bits per heavy atom. The molecule has 1 saturated heterocycles. The number of benzene rings is 2. The fourth-order valence-corrected chi connectivity index (χ4v) is 4.94. The first-order valence-corrected chi connectivity index (χ1v) is 11.8. The number of nitrogens with zero attached hydrogens (tertiary/aromatic N) is 2. The van der Waals surface area contributed by atoms with Crippen LogP contribution in [-0.4, -0.2) is 61.1 Å². The lowest BCUT2D eigenvalue weighted by molar-refractivity contribution is -0.130. The molecule has 1 heterocycles. The molecule has 170 valence electrons. The smallest absolute Gasteiger partial charge is 0.325 e. The summed E-state index contributed by atoms with van der Waals surface area (Å²) in [5.41, 5.74) is 1.26. The van der Waals surface area contributed by atoms with E-state index in [9.17, 15) is 22.8 Å². The highest BCUT2D eigenvalue weighted by Crippen LogP contribution is 2.19. The van der Waals surface area contributed by atoms with Gasteiger partial charge in [0, 0.05) is 25.2 Å². The molecule has 0 radical (unpaired) electrons. The fourth-order valence-electron chi connectivity index (χ4n) is 3.48. The van der Waals surface area contributed by atoms with Gasteiger partial charge >= 0.3 is 6.03 Å². The van der Waals surface area contributed by atoms with Gasteiger partial charge in [-0.3, -0.25) is 14.5 Å². The van der Waals surface area contributed by atoms with Crippen LogP contribution < -0.4 is 10.6 Å². The van der Waals surface area contributed by atoms with Crippen molar-refractivity contribution in [3.8, 4) is 0 Å². The molecule has 0 aliphatic carbocycles. The molecule has 2 aromatic rings. The molecule has 1 aliphatic heterocycles. The van der Waals surface area contributed by atoms with Gasteiger partial charge in [-0.25, -0.2) is 13.2 Å². The van der Waals surface area contributed by atoms with Gasteiger partial charge in [0.25, 0.3) is 5.91 Å². The standard InChI is InChI=1S/C22H26N4O5S/c1-3-25(4-2)32(30,31)18-12-10-17(11-13-18)23-20(27)15-26-21(28)19(24-22(26)29)14-16-8-6-5-7-9-16/h5-13,19H,3-4,14-15H2,1-2H3,(H,23,27)(H,24,29)/t19-/m0/s1. The van der Waals surface area contributed by atoms with E-state index in [0.29, 0.717) is 25.2 Å². The van der Waals surface area contributed by atoms with E-state index in [1.165, 1.54) is 28.6 Å². The zero-order chi connectivity index (χ0) is 23.3. The molecule has 4 amide bonds. The summed E-state index contributed by atoms with van der Waals surface area (Å²) in [7, 11) is -3.60. The lowest BCUT2D eigenvalue weighted by Crippen LogP contribution is -2.38. The van der Waals surface area contributed by atoms with Crippen LogP contribution in [0.5, 0.6) is 0 Å². The van der Waals surface area contributed by atoms with Crippen LogP contribution in [-0.2, 0) is 26.0 Å². The quantitative estimate of drug-likeness (QED) is 0.556. The van der Waals surface area contributed by atoms with E-state index in [0.717, 1.165) is 10.5 Å². The monoisotopic (exact) mass is 458 g/mol. The van der Waals surface area contributed by atoms with Crippen molar-refractivity contribution in [3.63, 3.8) is 0 Å².